The molecule has 0 aliphatic heterocycles. The monoisotopic (exact) mass is 328 g/mol. The van der Waals surface area contributed by atoms with Gasteiger partial charge in [0.2, 0.25) is 5.91 Å². The smallest absolute Gasteiger partial charge is 0.221 e. The lowest BCUT2D eigenvalue weighted by Gasteiger charge is -2.56. The molecule has 130 valence electrons. The van der Waals surface area contributed by atoms with Gasteiger partial charge in [0.1, 0.15) is 12.2 Å². The molecule has 1 heterocycles. The normalized spacial score (nSPS) is 38.3. The number of nitrogens with zero attached hydrogens (tertiary/aromatic N) is 3. The van der Waals surface area contributed by atoms with Crippen LogP contribution in [0, 0.1) is 29.1 Å². The average molecular weight is 328 g/mol. The van der Waals surface area contributed by atoms with Gasteiger partial charge in [-0.05, 0) is 80.5 Å². The number of amides is 1. The lowest BCUT2D eigenvalue weighted by molar-refractivity contribution is -0.130. The number of carbonyl (C=O) groups is 1. The molecule has 5 aliphatic rings. The van der Waals surface area contributed by atoms with Gasteiger partial charge in [0.05, 0.1) is 6.04 Å². The van der Waals surface area contributed by atoms with Crippen LogP contribution in [0.4, 0.5) is 0 Å². The minimum absolute atomic E-state index is 0.0545. The molecule has 5 fully saturated rings. The highest BCUT2D eigenvalue weighted by molar-refractivity contribution is 5.77. The summed E-state index contributed by atoms with van der Waals surface area (Å²) in [5, 5.41) is 7.52. The van der Waals surface area contributed by atoms with Crippen molar-refractivity contribution in [1.82, 2.24) is 20.1 Å². The van der Waals surface area contributed by atoms with Crippen molar-refractivity contribution in [3.05, 3.63) is 12.2 Å². The van der Waals surface area contributed by atoms with Gasteiger partial charge in [-0.1, -0.05) is 0 Å². The fourth-order valence-corrected chi connectivity index (χ4v) is 6.48. The molecular weight excluding hydrogens is 300 g/mol. The second-order valence-electron chi connectivity index (χ2n) is 9.22. The van der Waals surface area contributed by atoms with Crippen LogP contribution in [0.2, 0.25) is 0 Å². The van der Waals surface area contributed by atoms with Gasteiger partial charge in [0, 0.05) is 13.5 Å². The van der Waals surface area contributed by atoms with Gasteiger partial charge in [0.25, 0.3) is 0 Å². The molecule has 1 atom stereocenters. The molecule has 0 saturated heterocycles. The molecule has 1 amide bonds. The van der Waals surface area contributed by atoms with Gasteiger partial charge >= 0.3 is 0 Å². The summed E-state index contributed by atoms with van der Waals surface area (Å²) in [6.07, 6.45) is 12.9. The predicted molar refractivity (Wildman–Crippen MR) is 89.8 cm³/mol. The summed E-state index contributed by atoms with van der Waals surface area (Å²) >= 11 is 0. The van der Waals surface area contributed by atoms with E-state index in [4.69, 9.17) is 0 Å². The minimum Gasteiger partial charge on any atom is -0.346 e. The maximum absolute atomic E-state index is 12.9. The van der Waals surface area contributed by atoms with Crippen LogP contribution in [0.5, 0.6) is 0 Å². The first-order chi connectivity index (χ1) is 11.6. The van der Waals surface area contributed by atoms with Crippen molar-refractivity contribution >= 4 is 5.91 Å². The van der Waals surface area contributed by atoms with Gasteiger partial charge < -0.3 is 5.32 Å². The zero-order valence-corrected chi connectivity index (χ0v) is 14.6. The van der Waals surface area contributed by atoms with Crippen molar-refractivity contribution in [2.75, 3.05) is 0 Å². The third-order valence-electron chi connectivity index (χ3n) is 7.14. The van der Waals surface area contributed by atoms with Gasteiger partial charge in [-0.3, -0.25) is 9.48 Å². The Balaban J connectivity index is 1.29. The van der Waals surface area contributed by atoms with Gasteiger partial charge in [-0.2, -0.15) is 5.10 Å². The lowest BCUT2D eigenvalue weighted by atomic mass is 9.49. The van der Waals surface area contributed by atoms with Gasteiger partial charge in [-0.25, -0.2) is 4.98 Å². The number of carbonyl (C=O) groups excluding carboxylic acids is 1. The number of aryl methyl sites for hydroxylation is 1. The molecule has 0 spiro atoms. The number of rotatable bonds is 5. The molecule has 0 aromatic carbocycles. The first-order valence-electron chi connectivity index (χ1n) is 9.73. The van der Waals surface area contributed by atoms with Crippen LogP contribution in [0.25, 0.3) is 0 Å². The van der Waals surface area contributed by atoms with Crippen LogP contribution in [0.3, 0.4) is 0 Å². The Bertz CT molecular complexity index is 612. The summed E-state index contributed by atoms with van der Waals surface area (Å²) in [4.78, 5) is 17.3. The van der Waals surface area contributed by atoms with Crippen LogP contribution in [0.1, 0.15) is 69.7 Å². The summed E-state index contributed by atoms with van der Waals surface area (Å²) in [6, 6.07) is 0.0545. The number of hydrogen-bond acceptors (Lipinski definition) is 3. The Morgan fingerprint density at radius 2 is 1.88 bits per heavy atom. The molecule has 1 aromatic rings. The van der Waals surface area contributed by atoms with E-state index in [2.05, 4.69) is 15.4 Å². The van der Waals surface area contributed by atoms with Crippen molar-refractivity contribution in [3.8, 4) is 0 Å². The summed E-state index contributed by atoms with van der Waals surface area (Å²) in [5.74, 6) is 4.42. The van der Waals surface area contributed by atoms with Gasteiger partial charge in [0.15, 0.2) is 0 Å². The van der Waals surface area contributed by atoms with E-state index in [0.29, 0.717) is 11.3 Å². The minimum atomic E-state index is 0.0545. The largest absolute Gasteiger partial charge is 0.346 e. The Morgan fingerprint density at radius 1 is 1.25 bits per heavy atom. The molecule has 0 radical (unpaired) electrons. The van der Waals surface area contributed by atoms with Crippen LogP contribution < -0.4 is 5.32 Å². The molecule has 1 aromatic heterocycles. The van der Waals surface area contributed by atoms with E-state index in [9.17, 15) is 4.79 Å². The Kier molecular flexibility index (Phi) is 3.29. The molecule has 5 heteroatoms. The van der Waals surface area contributed by atoms with E-state index < -0.39 is 0 Å². The second kappa shape index (κ2) is 5.30. The van der Waals surface area contributed by atoms with E-state index in [0.717, 1.165) is 30.0 Å². The summed E-state index contributed by atoms with van der Waals surface area (Å²) in [6.45, 7) is 0. The topological polar surface area (TPSA) is 59.8 Å². The zero-order chi connectivity index (χ0) is 16.3. The van der Waals surface area contributed by atoms with Crippen molar-refractivity contribution in [3.63, 3.8) is 0 Å². The van der Waals surface area contributed by atoms with Crippen LogP contribution in [-0.4, -0.2) is 20.7 Å². The van der Waals surface area contributed by atoms with Gasteiger partial charge in [-0.15, -0.1) is 0 Å². The van der Waals surface area contributed by atoms with E-state index in [-0.39, 0.29) is 11.9 Å². The first-order valence-corrected chi connectivity index (χ1v) is 9.73. The zero-order valence-electron chi connectivity index (χ0n) is 14.6. The van der Waals surface area contributed by atoms with Crippen LogP contribution >= 0.6 is 0 Å². The highest BCUT2D eigenvalue weighted by Gasteiger charge is 2.51. The third-order valence-corrected chi connectivity index (χ3v) is 7.14. The molecule has 24 heavy (non-hydrogen) atoms. The van der Waals surface area contributed by atoms with E-state index in [1.165, 1.54) is 51.4 Å². The molecule has 5 nitrogen and oxygen atoms in total. The highest BCUT2D eigenvalue weighted by Crippen LogP contribution is 2.61. The fraction of sp³-hybridized carbons (Fsp3) is 0.842. The number of aromatic nitrogens is 3. The Labute approximate surface area is 143 Å². The third kappa shape index (κ3) is 2.56. The molecule has 5 saturated carbocycles. The first kappa shape index (κ1) is 14.9. The van der Waals surface area contributed by atoms with Crippen molar-refractivity contribution in [1.29, 1.82) is 0 Å². The van der Waals surface area contributed by atoms with Crippen LogP contribution in [0.15, 0.2) is 6.33 Å². The molecule has 1 unspecified atom stereocenters. The number of hydrogen-bond donors (Lipinski definition) is 1. The van der Waals surface area contributed by atoms with E-state index in [1.807, 2.05) is 11.7 Å². The molecule has 6 rings (SSSR count). The SMILES string of the molecule is Cn1ncnc1C(NC(=O)CC12CC3CC(CC(C3)C1)C2)C1CC1. The maximum atomic E-state index is 12.9. The summed E-state index contributed by atoms with van der Waals surface area (Å²) in [7, 11) is 1.92. The van der Waals surface area contributed by atoms with Crippen molar-refractivity contribution < 1.29 is 4.79 Å². The summed E-state index contributed by atoms with van der Waals surface area (Å²) < 4.78 is 1.81. The molecule has 5 aliphatic carbocycles. The lowest BCUT2D eigenvalue weighted by Crippen LogP contribution is -2.48. The average Bonchev–Trinajstić information content (AvgIpc) is 3.25. The quantitative estimate of drug-likeness (QED) is 0.904. The van der Waals surface area contributed by atoms with E-state index >= 15 is 0 Å². The molecule has 1 N–H and O–H groups in total. The number of nitrogens with one attached hydrogen (secondary N) is 1. The van der Waals surface area contributed by atoms with Crippen molar-refractivity contribution in [2.24, 2.45) is 36.1 Å². The van der Waals surface area contributed by atoms with Crippen molar-refractivity contribution in [2.45, 2.75) is 63.8 Å². The molecular formula is C19H28N4O. The standard InChI is InChI=1S/C19H28N4O/c1-23-18(20-11-21-23)17(15-2-3-15)22-16(24)10-19-7-12-4-13(8-19)6-14(5-12)9-19/h11-15,17H,2-10H2,1H3,(H,22,24). The Hall–Kier alpha value is -1.39. The Morgan fingerprint density at radius 3 is 2.38 bits per heavy atom. The van der Waals surface area contributed by atoms with E-state index in [1.54, 1.807) is 6.33 Å². The fourth-order valence-electron chi connectivity index (χ4n) is 6.48. The maximum Gasteiger partial charge on any atom is 0.221 e. The summed E-state index contributed by atoms with van der Waals surface area (Å²) in [5.41, 5.74) is 0.312. The molecule has 4 bridgehead atoms. The highest BCUT2D eigenvalue weighted by atomic mass is 16.1. The predicted octanol–water partition coefficient (Wildman–Crippen LogP) is 2.99. The van der Waals surface area contributed by atoms with Crippen LogP contribution in [-0.2, 0) is 11.8 Å². The second-order valence-corrected chi connectivity index (χ2v) is 9.22.